The molecule has 0 bridgehead atoms. The van der Waals surface area contributed by atoms with E-state index < -0.39 is 0 Å². The first-order valence-corrected chi connectivity index (χ1v) is 7.89. The monoisotopic (exact) mass is 261 g/mol. The first-order chi connectivity index (χ1) is 9.09. The van der Waals surface area contributed by atoms with E-state index in [9.17, 15) is 0 Å². The highest BCUT2D eigenvalue weighted by Gasteiger charge is 2.24. The van der Waals surface area contributed by atoms with Crippen molar-refractivity contribution in [3.05, 3.63) is 34.6 Å². The van der Waals surface area contributed by atoms with Crippen LogP contribution in [0.5, 0.6) is 0 Å². The Balaban J connectivity index is 0.000000861. The lowest BCUT2D eigenvalue weighted by Crippen LogP contribution is -2.19. The van der Waals surface area contributed by atoms with Crippen molar-refractivity contribution in [1.29, 1.82) is 0 Å². The van der Waals surface area contributed by atoms with Crippen molar-refractivity contribution in [2.24, 2.45) is 11.8 Å². The highest BCUT2D eigenvalue weighted by atomic mass is 14.8. The Labute approximate surface area is 119 Å². The third kappa shape index (κ3) is 3.99. The Kier molecular flexibility index (Phi) is 6.41. The van der Waals surface area contributed by atoms with Crippen molar-refractivity contribution in [1.82, 2.24) is 5.32 Å². The molecule has 0 saturated heterocycles. The van der Waals surface area contributed by atoms with E-state index in [-0.39, 0.29) is 0 Å². The summed E-state index contributed by atoms with van der Waals surface area (Å²) in [7, 11) is 0. The molecular formula is C18H31N. The van der Waals surface area contributed by atoms with Crippen LogP contribution in [0.4, 0.5) is 0 Å². The maximum absolute atomic E-state index is 3.35. The van der Waals surface area contributed by atoms with Gasteiger partial charge in [-0.25, -0.2) is 0 Å². The molecule has 0 aromatic carbocycles. The SMILES string of the molecule is CC.CC1=CCNC=C1C1=C(C)CCC(C(C)C)C1. The average molecular weight is 261 g/mol. The van der Waals surface area contributed by atoms with Crippen LogP contribution in [0, 0.1) is 11.8 Å². The Bertz CT molecular complexity index is 382. The van der Waals surface area contributed by atoms with E-state index in [1.165, 1.54) is 30.4 Å². The first-order valence-electron chi connectivity index (χ1n) is 7.89. The molecule has 0 aromatic rings. The lowest BCUT2D eigenvalue weighted by molar-refractivity contribution is 0.343. The zero-order valence-electron chi connectivity index (χ0n) is 13.6. The van der Waals surface area contributed by atoms with E-state index >= 15 is 0 Å². The number of rotatable bonds is 2. The van der Waals surface area contributed by atoms with Crippen LogP contribution in [0.1, 0.15) is 60.8 Å². The quantitative estimate of drug-likeness (QED) is 0.718. The fraction of sp³-hybridized carbons (Fsp3) is 0.667. The van der Waals surface area contributed by atoms with Gasteiger partial charge in [-0.2, -0.15) is 0 Å². The minimum Gasteiger partial charge on any atom is -0.387 e. The van der Waals surface area contributed by atoms with Crippen molar-refractivity contribution in [2.45, 2.75) is 60.8 Å². The van der Waals surface area contributed by atoms with Gasteiger partial charge in [0.25, 0.3) is 0 Å². The summed E-state index contributed by atoms with van der Waals surface area (Å²) < 4.78 is 0. The molecule has 1 atom stereocenters. The van der Waals surface area contributed by atoms with Crippen molar-refractivity contribution in [3.63, 3.8) is 0 Å². The minimum atomic E-state index is 0.805. The summed E-state index contributed by atoms with van der Waals surface area (Å²) >= 11 is 0. The van der Waals surface area contributed by atoms with Gasteiger partial charge in [-0.1, -0.05) is 39.3 Å². The van der Waals surface area contributed by atoms with E-state index in [1.54, 1.807) is 11.1 Å². The van der Waals surface area contributed by atoms with Crippen molar-refractivity contribution >= 4 is 0 Å². The Morgan fingerprint density at radius 3 is 2.47 bits per heavy atom. The van der Waals surface area contributed by atoms with Crippen molar-refractivity contribution in [3.8, 4) is 0 Å². The first kappa shape index (κ1) is 16.1. The topological polar surface area (TPSA) is 12.0 Å². The Morgan fingerprint density at radius 1 is 1.21 bits per heavy atom. The molecule has 0 fully saturated rings. The van der Waals surface area contributed by atoms with Crippen molar-refractivity contribution < 1.29 is 0 Å². The molecule has 108 valence electrons. The van der Waals surface area contributed by atoms with E-state index in [0.717, 1.165) is 18.4 Å². The summed E-state index contributed by atoms with van der Waals surface area (Å²) in [6.07, 6.45) is 8.44. The molecule has 0 saturated carbocycles. The van der Waals surface area contributed by atoms with Crippen LogP contribution in [0.25, 0.3) is 0 Å². The lowest BCUT2D eigenvalue weighted by Gasteiger charge is -2.31. The maximum Gasteiger partial charge on any atom is 0.0331 e. The smallest absolute Gasteiger partial charge is 0.0331 e. The minimum absolute atomic E-state index is 0.805. The van der Waals surface area contributed by atoms with Gasteiger partial charge in [0.15, 0.2) is 0 Å². The fourth-order valence-electron chi connectivity index (χ4n) is 2.92. The molecule has 1 aliphatic carbocycles. The van der Waals surface area contributed by atoms with Crippen LogP contribution in [-0.4, -0.2) is 6.54 Å². The van der Waals surface area contributed by atoms with Gasteiger partial charge in [-0.15, -0.1) is 0 Å². The van der Waals surface area contributed by atoms with Crippen LogP contribution in [0.2, 0.25) is 0 Å². The zero-order valence-corrected chi connectivity index (χ0v) is 13.6. The summed E-state index contributed by atoms with van der Waals surface area (Å²) in [5.74, 6) is 1.67. The average Bonchev–Trinajstić information content (AvgIpc) is 2.42. The van der Waals surface area contributed by atoms with Crippen LogP contribution in [-0.2, 0) is 0 Å². The van der Waals surface area contributed by atoms with Gasteiger partial charge >= 0.3 is 0 Å². The number of dihydropyridines is 1. The fourth-order valence-corrected chi connectivity index (χ4v) is 2.92. The van der Waals surface area contributed by atoms with Gasteiger partial charge in [0, 0.05) is 12.7 Å². The summed E-state index contributed by atoms with van der Waals surface area (Å²) in [5, 5.41) is 3.35. The second kappa shape index (κ2) is 7.57. The lowest BCUT2D eigenvalue weighted by atomic mass is 9.75. The van der Waals surface area contributed by atoms with Crippen LogP contribution in [0.15, 0.2) is 34.6 Å². The second-order valence-corrected chi connectivity index (χ2v) is 5.86. The predicted octanol–water partition coefficient (Wildman–Crippen LogP) is 5.22. The molecule has 2 rings (SSSR count). The molecule has 1 heterocycles. The molecule has 2 aliphatic rings. The molecule has 1 aliphatic heterocycles. The summed E-state index contributed by atoms with van der Waals surface area (Å²) in [4.78, 5) is 0. The predicted molar refractivity (Wildman–Crippen MR) is 86.1 cm³/mol. The van der Waals surface area contributed by atoms with Gasteiger partial charge in [0.2, 0.25) is 0 Å². The molecule has 0 aromatic heterocycles. The van der Waals surface area contributed by atoms with E-state index in [1.807, 2.05) is 13.8 Å². The van der Waals surface area contributed by atoms with Crippen LogP contribution >= 0.6 is 0 Å². The maximum atomic E-state index is 3.35. The van der Waals surface area contributed by atoms with E-state index in [4.69, 9.17) is 0 Å². The summed E-state index contributed by atoms with van der Waals surface area (Å²) in [6.45, 7) is 14.3. The van der Waals surface area contributed by atoms with Gasteiger partial charge in [-0.05, 0) is 61.7 Å². The van der Waals surface area contributed by atoms with Crippen LogP contribution < -0.4 is 5.32 Å². The van der Waals surface area contributed by atoms with E-state index in [2.05, 4.69) is 45.3 Å². The highest BCUT2D eigenvalue weighted by Crippen LogP contribution is 2.38. The molecule has 19 heavy (non-hydrogen) atoms. The molecule has 0 amide bonds. The number of hydrogen-bond acceptors (Lipinski definition) is 1. The van der Waals surface area contributed by atoms with Gasteiger partial charge in [-0.3, -0.25) is 0 Å². The summed E-state index contributed by atoms with van der Waals surface area (Å²) in [5.41, 5.74) is 6.11. The number of nitrogens with one attached hydrogen (secondary N) is 1. The van der Waals surface area contributed by atoms with E-state index in [0.29, 0.717) is 0 Å². The molecule has 0 radical (unpaired) electrons. The van der Waals surface area contributed by atoms with Crippen molar-refractivity contribution in [2.75, 3.05) is 6.54 Å². The van der Waals surface area contributed by atoms with Gasteiger partial charge < -0.3 is 5.32 Å². The van der Waals surface area contributed by atoms with Gasteiger partial charge in [0.05, 0.1) is 0 Å². The number of hydrogen-bond donors (Lipinski definition) is 1. The Hall–Kier alpha value is -0.980. The third-order valence-electron chi connectivity index (χ3n) is 4.34. The second-order valence-electron chi connectivity index (χ2n) is 5.86. The molecule has 1 N–H and O–H groups in total. The highest BCUT2D eigenvalue weighted by molar-refractivity contribution is 5.49. The third-order valence-corrected chi connectivity index (χ3v) is 4.34. The molecule has 1 heteroatoms. The zero-order chi connectivity index (χ0) is 14.4. The molecular weight excluding hydrogens is 230 g/mol. The molecule has 1 nitrogen and oxygen atoms in total. The largest absolute Gasteiger partial charge is 0.387 e. The molecule has 0 spiro atoms. The summed E-state index contributed by atoms with van der Waals surface area (Å²) in [6, 6.07) is 0. The van der Waals surface area contributed by atoms with Gasteiger partial charge in [0.1, 0.15) is 0 Å². The number of allylic oxidation sites excluding steroid dienone is 4. The normalized spacial score (nSPS) is 23.2. The molecule has 1 unspecified atom stereocenters. The Morgan fingerprint density at radius 2 is 1.89 bits per heavy atom. The van der Waals surface area contributed by atoms with Crippen LogP contribution in [0.3, 0.4) is 0 Å². The standard InChI is InChI=1S/C16H25N.C2H6/c1-11(2)14-6-5-12(3)15(9-14)16-10-17-8-7-13(16)4;1-2/h7,10-11,14,17H,5-6,8-9H2,1-4H3;1-2H3.